The van der Waals surface area contributed by atoms with Gasteiger partial charge in [0.05, 0.1) is 12.6 Å². The average molecular weight is 339 g/mol. The van der Waals surface area contributed by atoms with Gasteiger partial charge in [-0.3, -0.25) is 9.98 Å². The average Bonchev–Trinajstić information content (AvgIpc) is 2.60. The van der Waals surface area contributed by atoms with Crippen LogP contribution in [0.4, 0.5) is 4.39 Å². The van der Waals surface area contributed by atoms with E-state index >= 15 is 0 Å². The smallest absolute Gasteiger partial charge is 0.187 e. The van der Waals surface area contributed by atoms with Crippen molar-refractivity contribution in [2.45, 2.75) is 12.6 Å². The summed E-state index contributed by atoms with van der Waals surface area (Å²) in [5.41, 5.74) is 0.881. The Morgan fingerprint density at radius 3 is 2.54 bits per heavy atom. The predicted molar refractivity (Wildman–Crippen MR) is 91.6 cm³/mol. The number of nitriles is 2. The Morgan fingerprint density at radius 1 is 1.17 bits per heavy atom. The molecule has 4 nitrogen and oxygen atoms in total. The van der Waals surface area contributed by atoms with Crippen LogP contribution < -0.4 is 0 Å². The van der Waals surface area contributed by atoms with Crippen LogP contribution in [0.25, 0.3) is 0 Å². The Morgan fingerprint density at radius 2 is 1.92 bits per heavy atom. The highest BCUT2D eigenvalue weighted by Gasteiger charge is 2.14. The Bertz CT molecular complexity index is 827. The molecule has 0 saturated carbocycles. The van der Waals surface area contributed by atoms with E-state index in [1.165, 1.54) is 24.4 Å². The van der Waals surface area contributed by atoms with Crippen molar-refractivity contribution in [3.8, 4) is 12.1 Å². The second kappa shape index (κ2) is 8.57. The fraction of sp³-hybridized carbons (Fsp3) is 0.111. The van der Waals surface area contributed by atoms with Crippen molar-refractivity contribution in [2.24, 2.45) is 9.98 Å². The van der Waals surface area contributed by atoms with Crippen molar-refractivity contribution in [1.29, 1.82) is 10.5 Å². The first kappa shape index (κ1) is 17.3. The number of rotatable bonds is 5. The summed E-state index contributed by atoms with van der Waals surface area (Å²) in [6, 6.07) is 16.2. The number of hydrogen-bond donors (Lipinski definition) is 0. The molecule has 2 aromatic carbocycles. The van der Waals surface area contributed by atoms with Crippen LogP contribution in [0.5, 0.6) is 0 Å². The summed E-state index contributed by atoms with van der Waals surface area (Å²) in [7, 11) is 0. The van der Waals surface area contributed by atoms with Crippen molar-refractivity contribution in [3.05, 3.63) is 70.5 Å². The quantitative estimate of drug-likeness (QED) is 0.774. The number of nitrogens with zero attached hydrogens (tertiary/aromatic N) is 4. The summed E-state index contributed by atoms with van der Waals surface area (Å²) < 4.78 is 13.7. The minimum Gasteiger partial charge on any atom is -0.271 e. The molecule has 2 aromatic rings. The van der Waals surface area contributed by atoms with E-state index in [0.717, 1.165) is 5.56 Å². The number of benzene rings is 2. The highest BCUT2D eigenvalue weighted by atomic mass is 35.5. The van der Waals surface area contributed by atoms with Crippen LogP contribution in [0.15, 0.2) is 58.5 Å². The lowest BCUT2D eigenvalue weighted by molar-refractivity contribution is 0.611. The van der Waals surface area contributed by atoms with Crippen molar-refractivity contribution >= 4 is 23.5 Å². The molecule has 0 radical (unpaired) electrons. The summed E-state index contributed by atoms with van der Waals surface area (Å²) in [6.07, 6.45) is 1.50. The molecule has 0 saturated heterocycles. The van der Waals surface area contributed by atoms with Gasteiger partial charge in [0, 0.05) is 16.8 Å². The first-order valence-electron chi connectivity index (χ1n) is 7.01. The molecule has 0 unspecified atom stereocenters. The Labute approximate surface area is 144 Å². The maximum atomic E-state index is 13.7. The van der Waals surface area contributed by atoms with Gasteiger partial charge in [0.15, 0.2) is 11.8 Å². The first-order chi connectivity index (χ1) is 11.7. The Kier molecular flexibility index (Phi) is 6.19. The molecule has 0 N–H and O–H groups in total. The topological polar surface area (TPSA) is 72.3 Å². The summed E-state index contributed by atoms with van der Waals surface area (Å²) in [4.78, 5) is 8.09. The van der Waals surface area contributed by atoms with Crippen LogP contribution in [0.2, 0.25) is 5.02 Å². The second-order valence-electron chi connectivity index (χ2n) is 4.73. The number of hydrogen-bond acceptors (Lipinski definition) is 4. The SMILES string of the molecule is N#CC(=NCc1c(F)cccc1Cl)[C@H](C#N)N=Cc1ccccc1. The summed E-state index contributed by atoms with van der Waals surface area (Å²) in [5.74, 6) is -0.509. The molecule has 0 aliphatic heterocycles. The van der Waals surface area contributed by atoms with E-state index in [4.69, 9.17) is 11.6 Å². The molecule has 0 heterocycles. The predicted octanol–water partition coefficient (Wildman–Crippen LogP) is 3.95. The van der Waals surface area contributed by atoms with Gasteiger partial charge in [0.1, 0.15) is 11.9 Å². The molecule has 0 aromatic heterocycles. The molecule has 2 rings (SSSR count). The minimum absolute atomic E-state index is 0.0935. The molecule has 6 heteroatoms. The molecule has 0 amide bonds. The van der Waals surface area contributed by atoms with Gasteiger partial charge in [0.2, 0.25) is 0 Å². The van der Waals surface area contributed by atoms with Crippen LogP contribution in [-0.2, 0) is 6.54 Å². The minimum atomic E-state index is -1.05. The van der Waals surface area contributed by atoms with E-state index < -0.39 is 11.9 Å². The fourth-order valence-electron chi connectivity index (χ4n) is 1.90. The zero-order chi connectivity index (χ0) is 17.4. The largest absolute Gasteiger partial charge is 0.271 e. The third-order valence-corrected chi connectivity index (χ3v) is 3.49. The van der Waals surface area contributed by atoms with Crippen molar-refractivity contribution in [2.75, 3.05) is 0 Å². The van der Waals surface area contributed by atoms with Gasteiger partial charge < -0.3 is 0 Å². The molecule has 0 bridgehead atoms. The number of halogens is 2. The molecule has 24 heavy (non-hydrogen) atoms. The molecule has 118 valence electrons. The lowest BCUT2D eigenvalue weighted by atomic mass is 10.2. The first-order valence-corrected chi connectivity index (χ1v) is 7.38. The van der Waals surface area contributed by atoms with Crippen LogP contribution in [0.3, 0.4) is 0 Å². The van der Waals surface area contributed by atoms with E-state index in [-0.39, 0.29) is 22.8 Å². The third kappa shape index (κ3) is 4.49. The molecule has 0 fully saturated rings. The second-order valence-corrected chi connectivity index (χ2v) is 5.14. The molecule has 0 spiro atoms. The van der Waals surface area contributed by atoms with Gasteiger partial charge in [-0.2, -0.15) is 10.5 Å². The Hall–Kier alpha value is -3.02. The highest BCUT2D eigenvalue weighted by Crippen LogP contribution is 2.19. The van der Waals surface area contributed by atoms with Gasteiger partial charge in [-0.05, 0) is 17.7 Å². The molecule has 1 atom stereocenters. The highest BCUT2D eigenvalue weighted by molar-refractivity contribution is 6.31. The zero-order valence-electron chi connectivity index (χ0n) is 12.5. The number of aliphatic imine (C=N–C) groups is 2. The summed E-state index contributed by atoms with van der Waals surface area (Å²) in [5, 5.41) is 18.6. The van der Waals surface area contributed by atoms with Gasteiger partial charge in [-0.25, -0.2) is 4.39 Å². The molecule has 0 aliphatic carbocycles. The summed E-state index contributed by atoms with van der Waals surface area (Å²) in [6.45, 7) is -0.132. The maximum absolute atomic E-state index is 13.7. The van der Waals surface area contributed by atoms with Crippen LogP contribution >= 0.6 is 11.6 Å². The standard InChI is InChI=1S/C18H12ClFN4/c19-15-7-4-8-16(20)14(15)12-24-18(10-22)17(9-21)23-11-13-5-2-1-3-6-13/h1-8,11,17H,12H2/t17-/m0/s1. The van der Waals surface area contributed by atoms with Gasteiger partial charge in [-0.15, -0.1) is 0 Å². The van der Waals surface area contributed by atoms with Gasteiger partial charge in [-0.1, -0.05) is 48.0 Å². The lowest BCUT2D eigenvalue weighted by Crippen LogP contribution is -2.15. The maximum Gasteiger partial charge on any atom is 0.187 e. The van der Waals surface area contributed by atoms with Crippen molar-refractivity contribution < 1.29 is 4.39 Å². The Balaban J connectivity index is 2.21. The third-order valence-electron chi connectivity index (χ3n) is 3.14. The van der Waals surface area contributed by atoms with E-state index in [1.807, 2.05) is 42.5 Å². The van der Waals surface area contributed by atoms with Gasteiger partial charge in [0.25, 0.3) is 0 Å². The van der Waals surface area contributed by atoms with E-state index in [1.54, 1.807) is 0 Å². The summed E-state index contributed by atoms with van der Waals surface area (Å²) >= 11 is 5.92. The zero-order valence-corrected chi connectivity index (χ0v) is 13.3. The van der Waals surface area contributed by atoms with Crippen LogP contribution in [-0.4, -0.2) is 18.0 Å². The molecular formula is C18H12ClFN4. The van der Waals surface area contributed by atoms with Crippen LogP contribution in [0.1, 0.15) is 11.1 Å². The van der Waals surface area contributed by atoms with E-state index in [0.29, 0.717) is 0 Å². The lowest BCUT2D eigenvalue weighted by Gasteiger charge is -2.04. The monoisotopic (exact) mass is 338 g/mol. The van der Waals surface area contributed by atoms with Crippen molar-refractivity contribution in [3.63, 3.8) is 0 Å². The van der Waals surface area contributed by atoms with Gasteiger partial charge >= 0.3 is 0 Å². The fourth-order valence-corrected chi connectivity index (χ4v) is 2.12. The molecular weight excluding hydrogens is 327 g/mol. The molecule has 0 aliphatic rings. The van der Waals surface area contributed by atoms with Crippen LogP contribution in [0, 0.1) is 28.5 Å². The van der Waals surface area contributed by atoms with Crippen molar-refractivity contribution in [1.82, 2.24) is 0 Å². The van der Waals surface area contributed by atoms with E-state index in [2.05, 4.69) is 9.98 Å². The normalized spacial score (nSPS) is 12.6. The van der Waals surface area contributed by atoms with E-state index in [9.17, 15) is 14.9 Å².